The largest absolute Gasteiger partial charge is 0.370 e. The van der Waals surface area contributed by atoms with Crippen LogP contribution in [0.5, 0.6) is 0 Å². The van der Waals surface area contributed by atoms with Crippen molar-refractivity contribution in [1.29, 1.82) is 0 Å². The van der Waals surface area contributed by atoms with Crippen LogP contribution in [0.4, 0.5) is 5.69 Å². The Bertz CT molecular complexity index is 432. The van der Waals surface area contributed by atoms with Crippen molar-refractivity contribution in [3.8, 4) is 0 Å². The molecule has 1 fully saturated rings. The Morgan fingerprint density at radius 3 is 2.75 bits per heavy atom. The van der Waals surface area contributed by atoms with Crippen LogP contribution in [0.1, 0.15) is 25.8 Å². The van der Waals surface area contributed by atoms with E-state index < -0.39 is 0 Å². The molecule has 0 aromatic heterocycles. The van der Waals surface area contributed by atoms with E-state index >= 15 is 0 Å². The average Bonchev–Trinajstić information content (AvgIpc) is 2.92. The van der Waals surface area contributed by atoms with Crippen molar-refractivity contribution in [2.45, 2.75) is 32.9 Å². The lowest BCUT2D eigenvalue weighted by atomic mass is 10.1. The molecule has 1 aliphatic heterocycles. The topological polar surface area (TPSA) is 18.5 Å². The number of rotatable bonds is 6. The molecule has 112 valence electrons. The molecule has 1 saturated heterocycles. The van der Waals surface area contributed by atoms with Crippen LogP contribution in [0.15, 0.2) is 18.2 Å². The van der Waals surface area contributed by atoms with Crippen LogP contribution in [0.25, 0.3) is 0 Å². The van der Waals surface area contributed by atoms with Gasteiger partial charge in [-0.25, -0.2) is 0 Å². The van der Waals surface area contributed by atoms with Crippen LogP contribution in [0.2, 0.25) is 5.02 Å². The molecule has 1 atom stereocenters. The van der Waals surface area contributed by atoms with E-state index in [1.54, 1.807) is 0 Å². The van der Waals surface area contributed by atoms with Gasteiger partial charge in [0.2, 0.25) is 0 Å². The number of hydrogen-bond donors (Lipinski definition) is 1. The fraction of sp³-hybridized carbons (Fsp3) is 0.625. The number of nitrogens with one attached hydrogen (secondary N) is 1. The fourth-order valence-corrected chi connectivity index (χ4v) is 3.34. The van der Waals surface area contributed by atoms with Crippen molar-refractivity contribution in [3.05, 3.63) is 28.8 Å². The maximum absolute atomic E-state index is 6.19. The summed E-state index contributed by atoms with van der Waals surface area (Å²) in [5, 5.41) is 4.07. The summed E-state index contributed by atoms with van der Waals surface area (Å²) in [6.07, 6.45) is 1.24. The average molecular weight is 296 g/mol. The van der Waals surface area contributed by atoms with E-state index in [0.29, 0.717) is 6.04 Å². The number of hydrogen-bond acceptors (Lipinski definition) is 3. The zero-order valence-electron chi connectivity index (χ0n) is 12.8. The van der Waals surface area contributed by atoms with Gasteiger partial charge in [-0.3, -0.25) is 4.90 Å². The monoisotopic (exact) mass is 295 g/mol. The zero-order valence-corrected chi connectivity index (χ0v) is 13.6. The molecule has 0 aliphatic carbocycles. The van der Waals surface area contributed by atoms with Crippen molar-refractivity contribution in [2.24, 2.45) is 0 Å². The molecule has 20 heavy (non-hydrogen) atoms. The second kappa shape index (κ2) is 7.30. The Balaban J connectivity index is 2.14. The zero-order chi connectivity index (χ0) is 14.5. The van der Waals surface area contributed by atoms with E-state index in [-0.39, 0.29) is 0 Å². The van der Waals surface area contributed by atoms with Crippen molar-refractivity contribution >= 4 is 17.3 Å². The molecule has 1 aliphatic rings. The first kappa shape index (κ1) is 15.6. The molecule has 1 unspecified atom stereocenters. The summed E-state index contributed by atoms with van der Waals surface area (Å²) in [5.41, 5.74) is 2.62. The highest BCUT2D eigenvalue weighted by atomic mass is 35.5. The van der Waals surface area contributed by atoms with Gasteiger partial charge < -0.3 is 10.2 Å². The van der Waals surface area contributed by atoms with Crippen LogP contribution in [-0.2, 0) is 6.54 Å². The van der Waals surface area contributed by atoms with Gasteiger partial charge >= 0.3 is 0 Å². The lowest BCUT2D eigenvalue weighted by Crippen LogP contribution is -2.37. The highest BCUT2D eigenvalue weighted by Gasteiger charge is 2.27. The third kappa shape index (κ3) is 3.46. The number of likely N-dealkylation sites (N-methyl/N-ethyl adjacent to an activating group) is 1. The van der Waals surface area contributed by atoms with E-state index in [9.17, 15) is 0 Å². The van der Waals surface area contributed by atoms with Gasteiger partial charge in [0, 0.05) is 36.4 Å². The smallest absolute Gasteiger partial charge is 0.0427 e. The highest BCUT2D eigenvalue weighted by Crippen LogP contribution is 2.29. The standard InChI is InChI=1S/C16H26ClN3/c1-4-19(5-2)15-8-9-20(12-15)16-10-14(17)7-6-13(16)11-18-3/h6-7,10,15,18H,4-5,8-9,11-12H2,1-3H3. The molecule has 4 heteroatoms. The third-order valence-corrected chi connectivity index (χ3v) is 4.48. The minimum atomic E-state index is 0.673. The van der Waals surface area contributed by atoms with E-state index in [2.05, 4.69) is 41.1 Å². The quantitative estimate of drug-likeness (QED) is 0.870. The van der Waals surface area contributed by atoms with Crippen molar-refractivity contribution < 1.29 is 0 Å². The molecule has 3 nitrogen and oxygen atoms in total. The van der Waals surface area contributed by atoms with Gasteiger partial charge in [-0.05, 0) is 44.3 Å². The summed E-state index contributed by atoms with van der Waals surface area (Å²) < 4.78 is 0. The van der Waals surface area contributed by atoms with Gasteiger partial charge in [0.25, 0.3) is 0 Å². The molecule has 1 aromatic carbocycles. The number of anilines is 1. The highest BCUT2D eigenvalue weighted by molar-refractivity contribution is 6.30. The van der Waals surface area contributed by atoms with Crippen LogP contribution in [0, 0.1) is 0 Å². The Morgan fingerprint density at radius 1 is 1.35 bits per heavy atom. The van der Waals surface area contributed by atoms with Crippen LogP contribution >= 0.6 is 11.6 Å². The summed E-state index contributed by atoms with van der Waals surface area (Å²) in [7, 11) is 1.99. The number of halogens is 1. The van der Waals surface area contributed by atoms with Gasteiger partial charge in [0.1, 0.15) is 0 Å². The second-order valence-corrected chi connectivity index (χ2v) is 5.85. The molecule has 1 heterocycles. The predicted molar refractivity (Wildman–Crippen MR) is 87.8 cm³/mol. The first-order valence-electron chi connectivity index (χ1n) is 7.61. The van der Waals surface area contributed by atoms with Crippen molar-refractivity contribution in [3.63, 3.8) is 0 Å². The normalized spacial score (nSPS) is 19.1. The molecule has 1 N–H and O–H groups in total. The summed E-state index contributed by atoms with van der Waals surface area (Å²) in [4.78, 5) is 5.05. The summed E-state index contributed by atoms with van der Waals surface area (Å²) in [6.45, 7) is 9.88. The van der Waals surface area contributed by atoms with Gasteiger partial charge in [0.15, 0.2) is 0 Å². The summed E-state index contributed by atoms with van der Waals surface area (Å²) in [5.74, 6) is 0. The summed E-state index contributed by atoms with van der Waals surface area (Å²) in [6, 6.07) is 6.90. The predicted octanol–water partition coefficient (Wildman–Crippen LogP) is 2.98. The number of nitrogens with zero attached hydrogens (tertiary/aromatic N) is 2. The van der Waals surface area contributed by atoms with Crippen molar-refractivity contribution in [2.75, 3.05) is 38.1 Å². The van der Waals surface area contributed by atoms with E-state index in [1.165, 1.54) is 17.7 Å². The van der Waals surface area contributed by atoms with Gasteiger partial charge in [-0.15, -0.1) is 0 Å². The van der Waals surface area contributed by atoms with E-state index in [0.717, 1.165) is 37.7 Å². The first-order valence-corrected chi connectivity index (χ1v) is 7.99. The third-order valence-electron chi connectivity index (χ3n) is 4.25. The lowest BCUT2D eigenvalue weighted by Gasteiger charge is -2.27. The van der Waals surface area contributed by atoms with Crippen molar-refractivity contribution in [1.82, 2.24) is 10.2 Å². The minimum absolute atomic E-state index is 0.673. The number of benzene rings is 1. The van der Waals surface area contributed by atoms with Gasteiger partial charge in [-0.1, -0.05) is 31.5 Å². The minimum Gasteiger partial charge on any atom is -0.370 e. The second-order valence-electron chi connectivity index (χ2n) is 5.41. The molecule has 0 amide bonds. The molecule has 0 spiro atoms. The Hall–Kier alpha value is -0.770. The SMILES string of the molecule is CCN(CC)C1CCN(c2cc(Cl)ccc2CNC)C1. The lowest BCUT2D eigenvalue weighted by molar-refractivity contribution is 0.232. The van der Waals surface area contributed by atoms with Crippen LogP contribution in [-0.4, -0.2) is 44.2 Å². The van der Waals surface area contributed by atoms with E-state index in [1.807, 2.05) is 13.1 Å². The molecule has 0 radical (unpaired) electrons. The Kier molecular flexibility index (Phi) is 5.70. The molecule has 2 rings (SSSR count). The Labute approximate surface area is 127 Å². The fourth-order valence-electron chi connectivity index (χ4n) is 3.17. The molecular formula is C16H26ClN3. The Morgan fingerprint density at radius 2 is 2.10 bits per heavy atom. The summed E-state index contributed by atoms with van der Waals surface area (Å²) >= 11 is 6.19. The molecule has 0 bridgehead atoms. The maximum Gasteiger partial charge on any atom is 0.0427 e. The van der Waals surface area contributed by atoms with Gasteiger partial charge in [0.05, 0.1) is 0 Å². The molecule has 0 saturated carbocycles. The van der Waals surface area contributed by atoms with Crippen LogP contribution in [0.3, 0.4) is 0 Å². The maximum atomic E-state index is 6.19. The molecular weight excluding hydrogens is 270 g/mol. The van der Waals surface area contributed by atoms with Gasteiger partial charge in [-0.2, -0.15) is 0 Å². The first-order chi connectivity index (χ1) is 9.69. The van der Waals surface area contributed by atoms with Crippen LogP contribution < -0.4 is 10.2 Å². The molecule has 1 aromatic rings. The van der Waals surface area contributed by atoms with E-state index in [4.69, 9.17) is 11.6 Å².